The van der Waals surface area contributed by atoms with Gasteiger partial charge in [-0.25, -0.2) is 4.79 Å². The van der Waals surface area contributed by atoms with Gasteiger partial charge in [-0.1, -0.05) is 48.5 Å². The van der Waals surface area contributed by atoms with E-state index in [1.165, 1.54) is 12.1 Å². The Labute approximate surface area is 143 Å². The molecule has 0 radical (unpaired) electrons. The zero-order chi connectivity index (χ0) is 17.8. The van der Waals surface area contributed by atoms with Crippen LogP contribution in [0.25, 0.3) is 10.9 Å². The number of ketones is 1. The molecular weight excluding hydrogens is 320 g/mol. The number of benzene rings is 2. The first-order valence-electron chi connectivity index (χ1n) is 7.74. The summed E-state index contributed by atoms with van der Waals surface area (Å²) < 4.78 is 0. The van der Waals surface area contributed by atoms with E-state index in [2.05, 4.69) is 10.3 Å². The zero-order valence-corrected chi connectivity index (χ0v) is 13.2. The SMILES string of the molecule is O=C(N[C@@H](Cc1c[nH]c2ccccc12)C(=O)O)C(=O)c1ccccc1. The molecule has 6 nitrogen and oxygen atoms in total. The lowest BCUT2D eigenvalue weighted by atomic mass is 10.0. The van der Waals surface area contributed by atoms with Crippen LogP contribution in [0.1, 0.15) is 15.9 Å². The highest BCUT2D eigenvalue weighted by atomic mass is 16.4. The summed E-state index contributed by atoms with van der Waals surface area (Å²) in [7, 11) is 0. The van der Waals surface area contributed by atoms with Crippen LogP contribution >= 0.6 is 0 Å². The van der Waals surface area contributed by atoms with Gasteiger partial charge in [0.1, 0.15) is 6.04 Å². The van der Waals surface area contributed by atoms with Crippen molar-refractivity contribution in [2.24, 2.45) is 0 Å². The molecule has 0 bridgehead atoms. The summed E-state index contributed by atoms with van der Waals surface area (Å²) in [4.78, 5) is 38.8. The second-order valence-electron chi connectivity index (χ2n) is 5.62. The second kappa shape index (κ2) is 7.00. The Morgan fingerprint density at radius 1 is 1.00 bits per heavy atom. The van der Waals surface area contributed by atoms with Gasteiger partial charge in [-0.05, 0) is 11.6 Å². The molecule has 0 aliphatic heterocycles. The molecule has 0 unspecified atom stereocenters. The van der Waals surface area contributed by atoms with Gasteiger partial charge in [0.15, 0.2) is 0 Å². The van der Waals surface area contributed by atoms with Gasteiger partial charge in [0.05, 0.1) is 0 Å². The number of amides is 1. The summed E-state index contributed by atoms with van der Waals surface area (Å²) >= 11 is 0. The maximum atomic E-state index is 12.1. The predicted molar refractivity (Wildman–Crippen MR) is 92.3 cm³/mol. The normalized spacial score (nSPS) is 11.8. The number of rotatable bonds is 6. The quantitative estimate of drug-likeness (QED) is 0.474. The molecule has 3 N–H and O–H groups in total. The predicted octanol–water partition coefficient (Wildman–Crippen LogP) is 2.16. The Bertz CT molecular complexity index is 931. The first-order valence-corrected chi connectivity index (χ1v) is 7.74. The molecular formula is C19H16N2O4. The van der Waals surface area contributed by atoms with Gasteiger partial charge in [-0.15, -0.1) is 0 Å². The number of carbonyl (C=O) groups is 3. The number of Topliss-reactive ketones (excluding diaryl/α,β-unsaturated/α-hetero) is 1. The third-order valence-corrected chi connectivity index (χ3v) is 3.94. The van der Waals surface area contributed by atoms with Crippen molar-refractivity contribution in [2.75, 3.05) is 0 Å². The highest BCUT2D eigenvalue weighted by Gasteiger charge is 2.25. The Morgan fingerprint density at radius 3 is 2.40 bits per heavy atom. The number of aliphatic carboxylic acids is 1. The van der Waals surface area contributed by atoms with Crippen LogP contribution in [0.15, 0.2) is 60.8 Å². The molecule has 25 heavy (non-hydrogen) atoms. The third kappa shape index (κ3) is 3.58. The lowest BCUT2D eigenvalue weighted by Crippen LogP contribution is -2.45. The maximum Gasteiger partial charge on any atom is 0.326 e. The lowest BCUT2D eigenvalue weighted by Gasteiger charge is -2.13. The highest BCUT2D eigenvalue weighted by molar-refractivity contribution is 6.43. The Kier molecular flexibility index (Phi) is 4.61. The minimum atomic E-state index is -1.20. The van der Waals surface area contributed by atoms with Crippen molar-refractivity contribution in [3.63, 3.8) is 0 Å². The number of carboxylic acids is 1. The summed E-state index contributed by atoms with van der Waals surface area (Å²) in [5.41, 5.74) is 1.86. The number of H-pyrrole nitrogens is 1. The number of nitrogens with one attached hydrogen (secondary N) is 2. The third-order valence-electron chi connectivity index (χ3n) is 3.94. The minimum absolute atomic E-state index is 0.0765. The van der Waals surface area contributed by atoms with Crippen LogP contribution in [0.5, 0.6) is 0 Å². The molecule has 3 aromatic rings. The number of carboxylic acid groups (broad SMARTS) is 1. The number of carbonyl (C=O) groups excluding carboxylic acids is 2. The van der Waals surface area contributed by atoms with E-state index in [0.29, 0.717) is 0 Å². The van der Waals surface area contributed by atoms with Gasteiger partial charge in [0.25, 0.3) is 5.91 Å². The topological polar surface area (TPSA) is 99.3 Å². The van der Waals surface area contributed by atoms with Crippen molar-refractivity contribution in [3.8, 4) is 0 Å². The van der Waals surface area contributed by atoms with Gasteiger partial charge >= 0.3 is 5.97 Å². The van der Waals surface area contributed by atoms with Gasteiger partial charge in [-0.3, -0.25) is 9.59 Å². The highest BCUT2D eigenvalue weighted by Crippen LogP contribution is 2.19. The van der Waals surface area contributed by atoms with Crippen LogP contribution in [-0.2, 0) is 16.0 Å². The molecule has 1 atom stereocenters. The molecule has 0 saturated carbocycles. The molecule has 0 aliphatic carbocycles. The Morgan fingerprint density at radius 2 is 1.68 bits per heavy atom. The molecule has 0 saturated heterocycles. The summed E-state index contributed by atoms with van der Waals surface area (Å²) in [5.74, 6) is -2.89. The fraction of sp³-hybridized carbons (Fsp3) is 0.105. The molecule has 1 heterocycles. The first kappa shape index (κ1) is 16.4. The number of hydrogen-bond acceptors (Lipinski definition) is 3. The number of hydrogen-bond donors (Lipinski definition) is 3. The lowest BCUT2D eigenvalue weighted by molar-refractivity contribution is -0.141. The zero-order valence-electron chi connectivity index (χ0n) is 13.2. The average Bonchev–Trinajstić information content (AvgIpc) is 3.04. The van der Waals surface area contributed by atoms with Crippen molar-refractivity contribution in [2.45, 2.75) is 12.5 Å². The molecule has 2 aromatic carbocycles. The summed E-state index contributed by atoms with van der Waals surface area (Å²) in [6, 6.07) is 14.3. The second-order valence-corrected chi connectivity index (χ2v) is 5.62. The van der Waals surface area contributed by atoms with E-state index in [-0.39, 0.29) is 12.0 Å². The van der Waals surface area contributed by atoms with E-state index in [1.807, 2.05) is 24.3 Å². The van der Waals surface area contributed by atoms with Crippen LogP contribution in [0.4, 0.5) is 0 Å². The molecule has 0 fully saturated rings. The largest absolute Gasteiger partial charge is 0.480 e. The fourth-order valence-electron chi connectivity index (χ4n) is 2.66. The van der Waals surface area contributed by atoms with Gasteiger partial charge < -0.3 is 15.4 Å². The molecule has 0 aliphatic rings. The van der Waals surface area contributed by atoms with Crippen molar-refractivity contribution < 1.29 is 19.5 Å². The van der Waals surface area contributed by atoms with Crippen LogP contribution in [-0.4, -0.2) is 33.8 Å². The van der Waals surface area contributed by atoms with E-state index < -0.39 is 23.7 Å². The smallest absolute Gasteiger partial charge is 0.326 e. The van der Waals surface area contributed by atoms with Crippen LogP contribution in [0.3, 0.4) is 0 Å². The van der Waals surface area contributed by atoms with Crippen molar-refractivity contribution >= 4 is 28.6 Å². The van der Waals surface area contributed by atoms with Crippen LogP contribution in [0, 0.1) is 0 Å². The number of aromatic amines is 1. The fourth-order valence-corrected chi connectivity index (χ4v) is 2.66. The van der Waals surface area contributed by atoms with Gasteiger partial charge in [-0.2, -0.15) is 0 Å². The average molecular weight is 336 g/mol. The standard InChI is InChI=1S/C19H16N2O4/c22-17(12-6-2-1-3-7-12)18(23)21-16(19(24)25)10-13-11-20-15-9-5-4-8-14(13)15/h1-9,11,16,20H,10H2,(H,21,23)(H,24,25)/t16-/m0/s1. The summed E-state index contributed by atoms with van der Waals surface area (Å²) in [5, 5.41) is 12.6. The van der Waals surface area contributed by atoms with Crippen molar-refractivity contribution in [1.82, 2.24) is 10.3 Å². The van der Waals surface area contributed by atoms with E-state index in [9.17, 15) is 19.5 Å². The Hall–Kier alpha value is -3.41. The van der Waals surface area contributed by atoms with Crippen LogP contribution < -0.4 is 5.32 Å². The van der Waals surface area contributed by atoms with E-state index in [1.54, 1.807) is 24.4 Å². The first-order chi connectivity index (χ1) is 12.1. The Balaban J connectivity index is 1.77. The monoisotopic (exact) mass is 336 g/mol. The summed E-state index contributed by atoms with van der Waals surface area (Å²) in [6.07, 6.45) is 1.79. The van der Waals surface area contributed by atoms with Crippen LogP contribution in [0.2, 0.25) is 0 Å². The number of aromatic nitrogens is 1. The molecule has 126 valence electrons. The summed E-state index contributed by atoms with van der Waals surface area (Å²) in [6.45, 7) is 0. The van der Waals surface area contributed by atoms with Gasteiger partial charge in [0.2, 0.25) is 5.78 Å². The van der Waals surface area contributed by atoms with Crippen molar-refractivity contribution in [1.29, 1.82) is 0 Å². The minimum Gasteiger partial charge on any atom is -0.480 e. The maximum absolute atomic E-state index is 12.1. The number of fused-ring (bicyclic) bond motifs is 1. The van der Waals surface area contributed by atoms with E-state index >= 15 is 0 Å². The van der Waals surface area contributed by atoms with E-state index in [4.69, 9.17) is 0 Å². The van der Waals surface area contributed by atoms with Crippen molar-refractivity contribution in [3.05, 3.63) is 71.9 Å². The number of para-hydroxylation sites is 1. The molecule has 1 amide bonds. The molecule has 3 rings (SSSR count). The van der Waals surface area contributed by atoms with E-state index in [0.717, 1.165) is 16.5 Å². The molecule has 1 aromatic heterocycles. The van der Waals surface area contributed by atoms with Gasteiger partial charge in [0, 0.05) is 29.1 Å². The molecule has 6 heteroatoms. The molecule has 0 spiro atoms.